The first-order valence-corrected chi connectivity index (χ1v) is 6.74. The largest absolute Gasteiger partial charge is 0.476 e. The van der Waals surface area contributed by atoms with Gasteiger partial charge in [0.25, 0.3) is 0 Å². The molecule has 0 aliphatic carbocycles. The molecular weight excluding hydrogens is 256 g/mol. The van der Waals surface area contributed by atoms with E-state index in [0.29, 0.717) is 11.7 Å². The van der Waals surface area contributed by atoms with Crippen LogP contribution in [0, 0.1) is 13.8 Å². The van der Waals surface area contributed by atoms with Gasteiger partial charge >= 0.3 is 5.97 Å². The van der Waals surface area contributed by atoms with Gasteiger partial charge in [-0.1, -0.05) is 0 Å². The fourth-order valence-corrected chi connectivity index (χ4v) is 3.03. The van der Waals surface area contributed by atoms with Gasteiger partial charge in [-0.3, -0.25) is 0 Å². The Labute approximate surface area is 107 Å². The molecule has 0 bridgehead atoms. The Hall–Kier alpha value is -1.40. The van der Waals surface area contributed by atoms with Crippen LogP contribution in [0.4, 0.5) is 5.13 Å². The standard InChI is InChI=1S/C11H12N2O2S2/c1-6-3-8(17-7(6)2)4-12-11-13-9(5-16-11)10(14)15/h3,5H,4H2,1-2H3,(H,12,13)(H,14,15). The minimum absolute atomic E-state index is 0.0936. The van der Waals surface area contributed by atoms with Crippen molar-refractivity contribution in [1.29, 1.82) is 0 Å². The van der Waals surface area contributed by atoms with Gasteiger partial charge in [0.15, 0.2) is 10.8 Å². The molecule has 2 heterocycles. The van der Waals surface area contributed by atoms with Crippen LogP contribution in [0.2, 0.25) is 0 Å². The van der Waals surface area contributed by atoms with E-state index in [2.05, 4.69) is 30.2 Å². The van der Waals surface area contributed by atoms with Gasteiger partial charge in [0.05, 0.1) is 6.54 Å². The van der Waals surface area contributed by atoms with Gasteiger partial charge in [-0.15, -0.1) is 22.7 Å². The Bertz CT molecular complexity index is 526. The van der Waals surface area contributed by atoms with Crippen LogP contribution in [0.15, 0.2) is 11.4 Å². The summed E-state index contributed by atoms with van der Waals surface area (Å²) in [5, 5.41) is 14.1. The topological polar surface area (TPSA) is 62.2 Å². The molecule has 0 aliphatic rings. The van der Waals surface area contributed by atoms with Crippen molar-refractivity contribution in [2.45, 2.75) is 20.4 Å². The predicted octanol–water partition coefficient (Wildman–Crippen LogP) is 3.13. The normalized spacial score (nSPS) is 10.5. The summed E-state index contributed by atoms with van der Waals surface area (Å²) in [6, 6.07) is 2.14. The molecule has 2 N–H and O–H groups in total. The van der Waals surface area contributed by atoms with Crippen LogP contribution in [0.3, 0.4) is 0 Å². The van der Waals surface area contributed by atoms with E-state index in [1.165, 1.54) is 32.0 Å². The number of thiophene rings is 1. The second kappa shape index (κ2) is 4.85. The average Bonchev–Trinajstić information content (AvgIpc) is 2.84. The maximum absolute atomic E-state index is 10.7. The number of nitrogens with one attached hydrogen (secondary N) is 1. The molecule has 17 heavy (non-hydrogen) atoms. The molecule has 90 valence electrons. The van der Waals surface area contributed by atoms with E-state index in [1.54, 1.807) is 11.3 Å². The molecule has 0 amide bonds. The lowest BCUT2D eigenvalue weighted by Crippen LogP contribution is -1.99. The number of carboxylic acids is 1. The summed E-state index contributed by atoms with van der Waals surface area (Å²) in [5.74, 6) is -0.989. The number of nitrogens with zero attached hydrogens (tertiary/aromatic N) is 1. The lowest BCUT2D eigenvalue weighted by atomic mass is 10.3. The first-order chi connectivity index (χ1) is 8.06. The summed E-state index contributed by atoms with van der Waals surface area (Å²) in [5.41, 5.74) is 1.38. The number of thiazole rings is 1. The molecule has 0 radical (unpaired) electrons. The molecule has 0 spiro atoms. The van der Waals surface area contributed by atoms with Gasteiger partial charge in [0.1, 0.15) is 0 Å². The second-order valence-electron chi connectivity index (χ2n) is 3.65. The third kappa shape index (κ3) is 2.83. The van der Waals surface area contributed by atoms with Crippen LogP contribution >= 0.6 is 22.7 Å². The molecule has 2 rings (SSSR count). The number of aryl methyl sites for hydroxylation is 2. The Morgan fingerprint density at radius 3 is 2.82 bits per heavy atom. The highest BCUT2D eigenvalue weighted by atomic mass is 32.1. The second-order valence-corrected chi connectivity index (χ2v) is 5.85. The molecule has 0 fully saturated rings. The quantitative estimate of drug-likeness (QED) is 0.894. The number of aromatic carboxylic acids is 1. The Balaban J connectivity index is 1.99. The van der Waals surface area contributed by atoms with Gasteiger partial charge in [0, 0.05) is 15.1 Å². The van der Waals surface area contributed by atoms with Crippen molar-refractivity contribution in [2.24, 2.45) is 0 Å². The van der Waals surface area contributed by atoms with Crippen molar-refractivity contribution < 1.29 is 9.90 Å². The number of carboxylic acid groups (broad SMARTS) is 1. The molecular formula is C11H12N2O2S2. The number of hydrogen-bond donors (Lipinski definition) is 2. The number of rotatable bonds is 4. The third-order valence-electron chi connectivity index (χ3n) is 2.35. The summed E-state index contributed by atoms with van der Waals surface area (Å²) < 4.78 is 0. The number of aromatic nitrogens is 1. The molecule has 2 aromatic heterocycles. The van der Waals surface area contributed by atoms with Crippen LogP contribution < -0.4 is 5.32 Å². The molecule has 0 aliphatic heterocycles. The zero-order valence-corrected chi connectivity index (χ0v) is 11.1. The van der Waals surface area contributed by atoms with Gasteiger partial charge in [0.2, 0.25) is 0 Å². The Kier molecular flexibility index (Phi) is 3.44. The van der Waals surface area contributed by atoms with Gasteiger partial charge in [-0.2, -0.15) is 0 Å². The molecule has 0 aromatic carbocycles. The van der Waals surface area contributed by atoms with Crippen LogP contribution in [0.1, 0.15) is 25.8 Å². The molecule has 0 saturated heterocycles. The molecule has 4 nitrogen and oxygen atoms in total. The predicted molar refractivity (Wildman–Crippen MR) is 70.2 cm³/mol. The summed E-state index contributed by atoms with van der Waals surface area (Å²) >= 11 is 3.05. The highest BCUT2D eigenvalue weighted by Gasteiger charge is 2.08. The van der Waals surface area contributed by atoms with Crippen molar-refractivity contribution in [1.82, 2.24) is 4.98 Å². The van der Waals surface area contributed by atoms with E-state index in [1.807, 2.05) is 0 Å². The smallest absolute Gasteiger partial charge is 0.355 e. The molecule has 0 atom stereocenters. The maximum atomic E-state index is 10.7. The van der Waals surface area contributed by atoms with Crippen LogP contribution in [-0.2, 0) is 6.54 Å². The minimum Gasteiger partial charge on any atom is -0.476 e. The molecule has 2 aromatic rings. The first kappa shape index (κ1) is 12.1. The zero-order chi connectivity index (χ0) is 12.4. The fourth-order valence-electron chi connectivity index (χ4n) is 1.35. The third-order valence-corrected chi connectivity index (χ3v) is 4.31. The monoisotopic (exact) mass is 268 g/mol. The Morgan fingerprint density at radius 2 is 2.29 bits per heavy atom. The highest BCUT2D eigenvalue weighted by Crippen LogP contribution is 2.22. The van der Waals surface area contributed by atoms with E-state index < -0.39 is 5.97 Å². The number of carbonyl (C=O) groups is 1. The van der Waals surface area contributed by atoms with Crippen molar-refractivity contribution in [3.8, 4) is 0 Å². The lowest BCUT2D eigenvalue weighted by molar-refractivity contribution is 0.0691. The number of anilines is 1. The van der Waals surface area contributed by atoms with E-state index in [9.17, 15) is 4.79 Å². The van der Waals surface area contributed by atoms with Crippen LogP contribution in [0.25, 0.3) is 0 Å². The summed E-state index contributed by atoms with van der Waals surface area (Å²) in [7, 11) is 0. The van der Waals surface area contributed by atoms with Gasteiger partial charge in [-0.05, 0) is 25.5 Å². The molecule has 6 heteroatoms. The SMILES string of the molecule is Cc1cc(CNc2nc(C(=O)O)cs2)sc1C. The minimum atomic E-state index is -0.989. The lowest BCUT2D eigenvalue weighted by Gasteiger charge is -1.98. The van der Waals surface area contributed by atoms with Crippen molar-refractivity contribution >= 4 is 33.8 Å². The summed E-state index contributed by atoms with van der Waals surface area (Å²) in [6.45, 7) is 4.86. The van der Waals surface area contributed by atoms with E-state index in [-0.39, 0.29) is 5.69 Å². The highest BCUT2D eigenvalue weighted by molar-refractivity contribution is 7.14. The fraction of sp³-hybridized carbons (Fsp3) is 0.273. The molecule has 0 unspecified atom stereocenters. The van der Waals surface area contributed by atoms with E-state index in [4.69, 9.17) is 5.11 Å². The summed E-state index contributed by atoms with van der Waals surface area (Å²) in [4.78, 5) is 17.2. The van der Waals surface area contributed by atoms with Gasteiger partial charge < -0.3 is 10.4 Å². The zero-order valence-electron chi connectivity index (χ0n) is 9.48. The van der Waals surface area contributed by atoms with Crippen LogP contribution in [-0.4, -0.2) is 16.1 Å². The first-order valence-electron chi connectivity index (χ1n) is 5.05. The average molecular weight is 268 g/mol. The van der Waals surface area contributed by atoms with Gasteiger partial charge in [-0.25, -0.2) is 9.78 Å². The van der Waals surface area contributed by atoms with Crippen LogP contribution in [0.5, 0.6) is 0 Å². The van der Waals surface area contributed by atoms with E-state index >= 15 is 0 Å². The van der Waals surface area contributed by atoms with Crippen molar-refractivity contribution in [3.63, 3.8) is 0 Å². The van der Waals surface area contributed by atoms with E-state index in [0.717, 1.165) is 0 Å². The maximum Gasteiger partial charge on any atom is 0.355 e. The van der Waals surface area contributed by atoms with Crippen molar-refractivity contribution in [2.75, 3.05) is 5.32 Å². The number of hydrogen-bond acceptors (Lipinski definition) is 5. The Morgan fingerprint density at radius 1 is 1.53 bits per heavy atom. The molecule has 0 saturated carbocycles. The van der Waals surface area contributed by atoms with Crippen molar-refractivity contribution in [3.05, 3.63) is 32.5 Å². The summed E-state index contributed by atoms with van der Waals surface area (Å²) in [6.07, 6.45) is 0.